The molecule has 0 saturated heterocycles. The van der Waals surface area contributed by atoms with E-state index in [2.05, 4.69) is 6.92 Å². The van der Waals surface area contributed by atoms with Crippen molar-refractivity contribution in [3.8, 4) is 5.75 Å². The summed E-state index contributed by atoms with van der Waals surface area (Å²) in [6, 6.07) is 6.04. The van der Waals surface area contributed by atoms with Crippen LogP contribution in [-0.2, 0) is 6.42 Å². The van der Waals surface area contributed by atoms with E-state index < -0.39 is 0 Å². The van der Waals surface area contributed by atoms with Gasteiger partial charge in [-0.1, -0.05) is 18.5 Å². The topological polar surface area (TPSA) is 35.2 Å². The van der Waals surface area contributed by atoms with Crippen LogP contribution >= 0.6 is 11.6 Å². The largest absolute Gasteiger partial charge is 0.490 e. The van der Waals surface area contributed by atoms with Crippen LogP contribution in [0.4, 0.5) is 0 Å². The summed E-state index contributed by atoms with van der Waals surface area (Å²) in [5.74, 6) is 0.968. The molecule has 0 aliphatic heterocycles. The Morgan fingerprint density at radius 3 is 2.78 bits per heavy atom. The minimum Gasteiger partial charge on any atom is -0.490 e. The summed E-state index contributed by atoms with van der Waals surface area (Å²) < 4.78 is 6.09. The van der Waals surface area contributed by atoms with Crippen LogP contribution in [0.1, 0.15) is 44.6 Å². The standard InChI is InChI=1S/C15H22ClNO/c1-2-13(17)10-11-9-12(16)7-8-15(11)18-14-5-3-4-6-14/h7-9,13-14H,2-6,10,17H2,1H3. The molecule has 0 amide bonds. The zero-order valence-corrected chi connectivity index (χ0v) is 11.7. The van der Waals surface area contributed by atoms with E-state index in [-0.39, 0.29) is 6.04 Å². The van der Waals surface area contributed by atoms with Gasteiger partial charge < -0.3 is 10.5 Å². The smallest absolute Gasteiger partial charge is 0.123 e. The Morgan fingerprint density at radius 2 is 2.11 bits per heavy atom. The average molecular weight is 268 g/mol. The van der Waals surface area contributed by atoms with Gasteiger partial charge in [0, 0.05) is 11.1 Å². The lowest BCUT2D eigenvalue weighted by Crippen LogP contribution is -2.22. The van der Waals surface area contributed by atoms with Crippen LogP contribution in [0.3, 0.4) is 0 Å². The molecular weight excluding hydrogens is 246 g/mol. The molecule has 2 N–H and O–H groups in total. The highest BCUT2D eigenvalue weighted by Gasteiger charge is 2.18. The van der Waals surface area contributed by atoms with Crippen molar-refractivity contribution in [2.45, 2.75) is 57.6 Å². The van der Waals surface area contributed by atoms with Crippen molar-refractivity contribution in [3.05, 3.63) is 28.8 Å². The molecule has 3 heteroatoms. The highest BCUT2D eigenvalue weighted by Crippen LogP contribution is 2.29. The van der Waals surface area contributed by atoms with Crippen LogP contribution in [0, 0.1) is 0 Å². The lowest BCUT2D eigenvalue weighted by Gasteiger charge is -2.18. The molecule has 0 aromatic heterocycles. The summed E-state index contributed by atoms with van der Waals surface area (Å²) in [6.45, 7) is 2.10. The summed E-state index contributed by atoms with van der Waals surface area (Å²) in [5, 5.41) is 0.757. The Hall–Kier alpha value is -0.730. The van der Waals surface area contributed by atoms with Gasteiger partial charge in [0.2, 0.25) is 0 Å². The highest BCUT2D eigenvalue weighted by atomic mass is 35.5. The third kappa shape index (κ3) is 3.63. The number of ether oxygens (including phenoxy) is 1. The molecule has 18 heavy (non-hydrogen) atoms. The summed E-state index contributed by atoms with van der Waals surface area (Å²) in [6.07, 6.45) is 7.07. The zero-order valence-electron chi connectivity index (χ0n) is 11.0. The van der Waals surface area contributed by atoms with Gasteiger partial charge in [0.1, 0.15) is 5.75 Å². The molecule has 1 aromatic rings. The van der Waals surface area contributed by atoms with Crippen LogP contribution in [0.15, 0.2) is 18.2 Å². The van der Waals surface area contributed by atoms with Gasteiger partial charge in [-0.15, -0.1) is 0 Å². The maximum Gasteiger partial charge on any atom is 0.123 e. The van der Waals surface area contributed by atoms with Crippen molar-refractivity contribution >= 4 is 11.6 Å². The highest BCUT2D eigenvalue weighted by molar-refractivity contribution is 6.30. The van der Waals surface area contributed by atoms with E-state index in [1.165, 1.54) is 25.7 Å². The predicted octanol–water partition coefficient (Wildman–Crippen LogP) is 3.94. The first kappa shape index (κ1) is 13.7. The van der Waals surface area contributed by atoms with Crippen molar-refractivity contribution in [3.63, 3.8) is 0 Å². The third-order valence-corrected chi connectivity index (χ3v) is 3.86. The molecule has 2 nitrogen and oxygen atoms in total. The summed E-state index contributed by atoms with van der Waals surface area (Å²) in [5.41, 5.74) is 7.18. The number of nitrogens with two attached hydrogens (primary N) is 1. The first-order chi connectivity index (χ1) is 8.69. The second-order valence-electron chi connectivity index (χ2n) is 5.15. The van der Waals surface area contributed by atoms with Gasteiger partial charge in [-0.05, 0) is 62.3 Å². The van der Waals surface area contributed by atoms with Gasteiger partial charge in [0.15, 0.2) is 0 Å². The quantitative estimate of drug-likeness (QED) is 0.877. The zero-order chi connectivity index (χ0) is 13.0. The molecule has 0 bridgehead atoms. The summed E-state index contributed by atoms with van der Waals surface area (Å²) in [7, 11) is 0. The number of hydrogen-bond acceptors (Lipinski definition) is 2. The van der Waals surface area contributed by atoms with E-state index in [9.17, 15) is 0 Å². The average Bonchev–Trinajstić information content (AvgIpc) is 2.85. The Kier molecular flexibility index (Phi) is 4.90. The van der Waals surface area contributed by atoms with Crippen molar-refractivity contribution in [1.29, 1.82) is 0 Å². The Labute approximate surface area is 114 Å². The van der Waals surface area contributed by atoms with E-state index in [0.29, 0.717) is 6.10 Å². The van der Waals surface area contributed by atoms with Gasteiger partial charge in [-0.3, -0.25) is 0 Å². The molecule has 1 saturated carbocycles. The molecule has 0 spiro atoms. The van der Waals surface area contributed by atoms with E-state index in [1.807, 2.05) is 18.2 Å². The fourth-order valence-electron chi connectivity index (χ4n) is 2.44. The number of rotatable bonds is 5. The summed E-state index contributed by atoms with van der Waals surface area (Å²) >= 11 is 6.06. The fourth-order valence-corrected chi connectivity index (χ4v) is 2.63. The van der Waals surface area contributed by atoms with Gasteiger partial charge in [0.25, 0.3) is 0 Å². The van der Waals surface area contributed by atoms with E-state index in [1.54, 1.807) is 0 Å². The van der Waals surface area contributed by atoms with Crippen LogP contribution < -0.4 is 10.5 Å². The van der Waals surface area contributed by atoms with Crippen molar-refractivity contribution in [2.75, 3.05) is 0 Å². The van der Waals surface area contributed by atoms with Crippen LogP contribution in [-0.4, -0.2) is 12.1 Å². The van der Waals surface area contributed by atoms with Crippen molar-refractivity contribution in [2.24, 2.45) is 5.73 Å². The molecule has 0 heterocycles. The second kappa shape index (κ2) is 6.44. The maximum atomic E-state index is 6.09. The molecule has 100 valence electrons. The molecule has 1 atom stereocenters. The first-order valence-electron chi connectivity index (χ1n) is 6.89. The van der Waals surface area contributed by atoms with Crippen LogP contribution in [0.25, 0.3) is 0 Å². The van der Waals surface area contributed by atoms with E-state index in [4.69, 9.17) is 22.1 Å². The minimum absolute atomic E-state index is 0.175. The molecule has 1 aliphatic rings. The number of halogens is 1. The van der Waals surface area contributed by atoms with Gasteiger partial charge >= 0.3 is 0 Å². The van der Waals surface area contributed by atoms with Crippen LogP contribution in [0.2, 0.25) is 5.02 Å². The first-order valence-corrected chi connectivity index (χ1v) is 7.27. The van der Waals surface area contributed by atoms with Gasteiger partial charge in [-0.2, -0.15) is 0 Å². The normalized spacial score (nSPS) is 17.9. The molecule has 2 rings (SSSR count). The lowest BCUT2D eigenvalue weighted by molar-refractivity contribution is 0.207. The van der Waals surface area contributed by atoms with Crippen molar-refractivity contribution in [1.82, 2.24) is 0 Å². The Morgan fingerprint density at radius 1 is 1.39 bits per heavy atom. The third-order valence-electron chi connectivity index (χ3n) is 3.62. The maximum absolute atomic E-state index is 6.09. The van der Waals surface area contributed by atoms with Crippen molar-refractivity contribution < 1.29 is 4.74 Å². The van der Waals surface area contributed by atoms with Crippen LogP contribution in [0.5, 0.6) is 5.75 Å². The van der Waals surface area contributed by atoms with Gasteiger partial charge in [-0.25, -0.2) is 0 Å². The van der Waals surface area contributed by atoms with E-state index >= 15 is 0 Å². The molecule has 1 aromatic carbocycles. The molecule has 1 fully saturated rings. The minimum atomic E-state index is 0.175. The SMILES string of the molecule is CCC(N)Cc1cc(Cl)ccc1OC1CCCC1. The molecule has 1 aliphatic carbocycles. The van der Waals surface area contributed by atoms with Gasteiger partial charge in [0.05, 0.1) is 6.10 Å². The predicted molar refractivity (Wildman–Crippen MR) is 76.3 cm³/mol. The molecular formula is C15H22ClNO. The monoisotopic (exact) mass is 267 g/mol. The van der Waals surface area contributed by atoms with E-state index in [0.717, 1.165) is 29.2 Å². The fraction of sp³-hybridized carbons (Fsp3) is 0.600. The number of benzene rings is 1. The Balaban J connectivity index is 2.11. The Bertz CT molecular complexity index is 388. The lowest BCUT2D eigenvalue weighted by atomic mass is 10.0. The molecule has 0 radical (unpaired) electrons. The second-order valence-corrected chi connectivity index (χ2v) is 5.59. The summed E-state index contributed by atoms with van der Waals surface area (Å²) in [4.78, 5) is 0. The molecule has 1 unspecified atom stereocenters. The number of hydrogen-bond donors (Lipinski definition) is 1.